The summed E-state index contributed by atoms with van der Waals surface area (Å²) in [4.78, 5) is 26.0. The number of hydrogen-bond acceptors (Lipinski definition) is 5. The summed E-state index contributed by atoms with van der Waals surface area (Å²) < 4.78 is 0. The van der Waals surface area contributed by atoms with Gasteiger partial charge < -0.3 is 9.90 Å². The van der Waals surface area contributed by atoms with E-state index in [0.717, 1.165) is 0 Å². The van der Waals surface area contributed by atoms with Crippen LogP contribution in [0.1, 0.15) is 26.3 Å². The van der Waals surface area contributed by atoms with Gasteiger partial charge in [-0.1, -0.05) is 24.3 Å². The number of benzene rings is 1. The molecule has 0 aliphatic rings. The lowest BCUT2D eigenvalue weighted by Gasteiger charge is -2.01. The average Bonchev–Trinajstić information content (AvgIpc) is 2.48. The molecule has 0 aliphatic heterocycles. The number of carboxylic acids is 1. The Morgan fingerprint density at radius 3 is 2.50 bits per heavy atom. The molecule has 1 heterocycles. The van der Waals surface area contributed by atoms with Gasteiger partial charge in [-0.05, 0) is 23.3 Å². The second kappa shape index (κ2) is 6.24. The normalized spacial score (nSPS) is 10.4. The van der Waals surface area contributed by atoms with Gasteiger partial charge in [0, 0.05) is 12.4 Å². The second-order valence-corrected chi connectivity index (χ2v) is 3.85. The van der Waals surface area contributed by atoms with Crippen LogP contribution in [-0.4, -0.2) is 23.1 Å². The van der Waals surface area contributed by atoms with E-state index < -0.39 is 5.97 Å². The standard InChI is InChI=1S/C14H11N3O3/c18-13(12-2-1-7-15-9-12)17-16-8-10-3-5-11(6-4-10)14(19)20/h1-9H,(H,17,18)(H,19,20)/p-1. The molecular formula is C14H10N3O3-. The Morgan fingerprint density at radius 1 is 1.15 bits per heavy atom. The summed E-state index contributed by atoms with van der Waals surface area (Å²) in [6.45, 7) is 0. The second-order valence-electron chi connectivity index (χ2n) is 3.85. The topological polar surface area (TPSA) is 94.5 Å². The third-order valence-electron chi connectivity index (χ3n) is 2.45. The average molecular weight is 268 g/mol. The molecule has 2 aromatic rings. The van der Waals surface area contributed by atoms with Gasteiger partial charge in [0.15, 0.2) is 0 Å². The number of nitrogens with zero attached hydrogens (tertiary/aromatic N) is 2. The van der Waals surface area contributed by atoms with Crippen molar-refractivity contribution in [3.8, 4) is 0 Å². The number of hydrogen-bond donors (Lipinski definition) is 1. The quantitative estimate of drug-likeness (QED) is 0.633. The maximum absolute atomic E-state index is 11.6. The fourth-order valence-electron chi connectivity index (χ4n) is 1.43. The zero-order valence-corrected chi connectivity index (χ0v) is 10.3. The van der Waals surface area contributed by atoms with Crippen LogP contribution >= 0.6 is 0 Å². The van der Waals surface area contributed by atoms with Crippen molar-refractivity contribution in [2.45, 2.75) is 0 Å². The predicted molar refractivity (Wildman–Crippen MR) is 70.1 cm³/mol. The molecule has 2 rings (SSSR count). The van der Waals surface area contributed by atoms with Gasteiger partial charge in [0.05, 0.1) is 17.7 Å². The van der Waals surface area contributed by atoms with E-state index >= 15 is 0 Å². The van der Waals surface area contributed by atoms with E-state index in [4.69, 9.17) is 0 Å². The van der Waals surface area contributed by atoms with Crippen LogP contribution in [-0.2, 0) is 0 Å². The number of aromatic nitrogens is 1. The summed E-state index contributed by atoms with van der Waals surface area (Å²) in [7, 11) is 0. The van der Waals surface area contributed by atoms with Crippen molar-refractivity contribution in [2.24, 2.45) is 5.10 Å². The molecule has 0 saturated heterocycles. The van der Waals surface area contributed by atoms with E-state index in [2.05, 4.69) is 15.5 Å². The minimum atomic E-state index is -1.24. The number of nitrogens with one attached hydrogen (secondary N) is 1. The molecule has 100 valence electrons. The molecule has 6 heteroatoms. The van der Waals surface area contributed by atoms with E-state index in [1.54, 1.807) is 30.5 Å². The Balaban J connectivity index is 1.96. The van der Waals surface area contributed by atoms with Crippen molar-refractivity contribution < 1.29 is 14.7 Å². The molecule has 0 spiro atoms. The van der Waals surface area contributed by atoms with Crippen LogP contribution in [0.4, 0.5) is 0 Å². The van der Waals surface area contributed by atoms with Crippen molar-refractivity contribution in [3.05, 3.63) is 65.5 Å². The summed E-state index contributed by atoms with van der Waals surface area (Å²) in [6.07, 6.45) is 4.41. The zero-order chi connectivity index (χ0) is 14.4. The lowest BCUT2D eigenvalue weighted by Crippen LogP contribution is -2.22. The van der Waals surface area contributed by atoms with Gasteiger partial charge >= 0.3 is 0 Å². The first-order valence-corrected chi connectivity index (χ1v) is 5.71. The van der Waals surface area contributed by atoms with Gasteiger partial charge in [-0.2, -0.15) is 5.10 Å². The fraction of sp³-hybridized carbons (Fsp3) is 0. The summed E-state index contributed by atoms with van der Waals surface area (Å²) >= 11 is 0. The van der Waals surface area contributed by atoms with Crippen LogP contribution in [0.15, 0.2) is 53.9 Å². The molecule has 0 unspecified atom stereocenters. The molecule has 0 bridgehead atoms. The number of aromatic carboxylic acids is 1. The highest BCUT2D eigenvalue weighted by Gasteiger charge is 2.02. The van der Waals surface area contributed by atoms with Crippen molar-refractivity contribution in [3.63, 3.8) is 0 Å². The minimum Gasteiger partial charge on any atom is -0.545 e. The lowest BCUT2D eigenvalue weighted by molar-refractivity contribution is -0.255. The number of carbonyl (C=O) groups is 2. The highest BCUT2D eigenvalue weighted by Crippen LogP contribution is 2.01. The molecule has 0 atom stereocenters. The van der Waals surface area contributed by atoms with E-state index in [0.29, 0.717) is 11.1 Å². The van der Waals surface area contributed by atoms with Crippen LogP contribution in [0.25, 0.3) is 0 Å². The van der Waals surface area contributed by atoms with Gasteiger partial charge in [-0.15, -0.1) is 0 Å². The third-order valence-corrected chi connectivity index (χ3v) is 2.45. The lowest BCUT2D eigenvalue weighted by atomic mass is 10.1. The molecule has 1 aromatic carbocycles. The summed E-state index contributed by atoms with van der Waals surface area (Å²) in [6, 6.07) is 9.19. The number of pyridine rings is 1. The Hall–Kier alpha value is -3.02. The number of hydrazone groups is 1. The van der Waals surface area contributed by atoms with Crippen LogP contribution in [0, 0.1) is 0 Å². The molecule has 0 saturated carbocycles. The van der Waals surface area contributed by atoms with Crippen molar-refractivity contribution >= 4 is 18.1 Å². The smallest absolute Gasteiger partial charge is 0.272 e. The van der Waals surface area contributed by atoms with Crippen LogP contribution < -0.4 is 10.5 Å². The van der Waals surface area contributed by atoms with Crippen LogP contribution in [0.3, 0.4) is 0 Å². The molecule has 1 aromatic heterocycles. The number of rotatable bonds is 4. The first-order chi connectivity index (χ1) is 9.66. The van der Waals surface area contributed by atoms with Crippen molar-refractivity contribution in [1.29, 1.82) is 0 Å². The van der Waals surface area contributed by atoms with Gasteiger partial charge in [0.25, 0.3) is 5.91 Å². The number of carbonyl (C=O) groups excluding carboxylic acids is 2. The third kappa shape index (κ3) is 3.49. The molecule has 0 radical (unpaired) electrons. The molecule has 0 aliphatic carbocycles. The Kier molecular flexibility index (Phi) is 4.18. The summed E-state index contributed by atoms with van der Waals surface area (Å²) in [5.41, 5.74) is 3.49. The molecule has 6 nitrogen and oxygen atoms in total. The van der Waals surface area contributed by atoms with Crippen LogP contribution in [0.2, 0.25) is 0 Å². The molecule has 20 heavy (non-hydrogen) atoms. The molecule has 1 amide bonds. The maximum atomic E-state index is 11.6. The predicted octanol–water partition coefficient (Wildman–Crippen LogP) is 0.209. The molecule has 0 fully saturated rings. The molecular weight excluding hydrogens is 258 g/mol. The fourth-order valence-corrected chi connectivity index (χ4v) is 1.43. The SMILES string of the molecule is O=C([O-])c1ccc(C=NNC(=O)c2cccnc2)cc1. The maximum Gasteiger partial charge on any atom is 0.272 e. The molecule has 1 N–H and O–H groups in total. The van der Waals surface area contributed by atoms with Gasteiger partial charge in [0.2, 0.25) is 0 Å². The summed E-state index contributed by atoms with van der Waals surface area (Å²) in [5.74, 6) is -1.61. The van der Waals surface area contributed by atoms with E-state index in [-0.39, 0.29) is 11.5 Å². The number of amides is 1. The van der Waals surface area contributed by atoms with E-state index in [1.807, 2.05) is 0 Å². The van der Waals surface area contributed by atoms with Crippen molar-refractivity contribution in [2.75, 3.05) is 0 Å². The van der Waals surface area contributed by atoms with Gasteiger partial charge in [-0.3, -0.25) is 9.78 Å². The highest BCUT2D eigenvalue weighted by atomic mass is 16.4. The Bertz CT molecular complexity index is 636. The van der Waals surface area contributed by atoms with E-state index in [9.17, 15) is 14.7 Å². The monoisotopic (exact) mass is 268 g/mol. The minimum absolute atomic E-state index is 0.0848. The van der Waals surface area contributed by atoms with Gasteiger partial charge in [0.1, 0.15) is 0 Å². The largest absolute Gasteiger partial charge is 0.545 e. The first-order valence-electron chi connectivity index (χ1n) is 5.71. The Labute approximate surface area is 114 Å². The summed E-state index contributed by atoms with van der Waals surface area (Å²) in [5, 5.41) is 14.3. The Morgan fingerprint density at radius 2 is 1.90 bits per heavy atom. The van der Waals surface area contributed by atoms with Crippen molar-refractivity contribution in [1.82, 2.24) is 10.4 Å². The van der Waals surface area contributed by atoms with Crippen LogP contribution in [0.5, 0.6) is 0 Å². The number of carboxylic acid groups (broad SMARTS) is 1. The highest BCUT2D eigenvalue weighted by molar-refractivity contribution is 5.94. The zero-order valence-electron chi connectivity index (χ0n) is 10.3. The first kappa shape index (κ1) is 13.4. The van der Waals surface area contributed by atoms with Gasteiger partial charge in [-0.25, -0.2) is 5.43 Å². The van der Waals surface area contributed by atoms with E-state index in [1.165, 1.54) is 24.5 Å².